The molecule has 0 spiro atoms. The summed E-state index contributed by atoms with van der Waals surface area (Å²) in [5.41, 5.74) is 1.18. The first-order valence-corrected chi connectivity index (χ1v) is 5.92. The third-order valence-electron chi connectivity index (χ3n) is 2.31. The van der Waals surface area contributed by atoms with E-state index in [2.05, 4.69) is 22.4 Å². The van der Waals surface area contributed by atoms with Gasteiger partial charge in [0.1, 0.15) is 5.82 Å². The maximum Gasteiger partial charge on any atom is 0.266 e. The number of aromatic amines is 1. The Kier molecular flexibility index (Phi) is 3.05. The fourth-order valence-electron chi connectivity index (χ4n) is 1.49. The lowest BCUT2D eigenvalue weighted by atomic mass is 10.2. The van der Waals surface area contributed by atoms with Crippen LogP contribution < -0.4 is 5.32 Å². The van der Waals surface area contributed by atoms with Gasteiger partial charge < -0.3 is 5.32 Å². The van der Waals surface area contributed by atoms with Crippen LogP contribution in [-0.2, 0) is 6.42 Å². The molecule has 0 aromatic carbocycles. The van der Waals surface area contributed by atoms with Gasteiger partial charge in [-0.1, -0.05) is 6.92 Å². The Bertz CT molecular complexity index is 487. The van der Waals surface area contributed by atoms with Gasteiger partial charge in [0.25, 0.3) is 5.91 Å². The van der Waals surface area contributed by atoms with Crippen molar-refractivity contribution in [1.82, 2.24) is 10.2 Å². The standard InChI is InChI=1S/C11H13N3OS/c1-3-8-7(2)6-9(16-8)11(15)13-10-4-5-12-14-10/h4-6H,3H2,1-2H3,(H2,12,13,14,15). The predicted octanol–water partition coefficient (Wildman–Crippen LogP) is 2.59. The number of aryl methyl sites for hydroxylation is 2. The summed E-state index contributed by atoms with van der Waals surface area (Å²) >= 11 is 1.54. The van der Waals surface area contributed by atoms with Crippen LogP contribution in [0, 0.1) is 6.92 Å². The molecule has 0 atom stereocenters. The molecule has 5 heteroatoms. The molecule has 0 aliphatic heterocycles. The zero-order valence-electron chi connectivity index (χ0n) is 9.20. The van der Waals surface area contributed by atoms with Crippen molar-refractivity contribution in [3.63, 3.8) is 0 Å². The fourth-order valence-corrected chi connectivity index (χ4v) is 2.50. The lowest BCUT2D eigenvalue weighted by molar-refractivity contribution is 0.103. The molecule has 0 aliphatic carbocycles. The largest absolute Gasteiger partial charge is 0.306 e. The monoisotopic (exact) mass is 235 g/mol. The van der Waals surface area contributed by atoms with Gasteiger partial charge in [0.05, 0.1) is 11.1 Å². The number of nitrogens with zero attached hydrogens (tertiary/aromatic N) is 1. The van der Waals surface area contributed by atoms with Gasteiger partial charge in [-0.3, -0.25) is 9.89 Å². The number of nitrogens with one attached hydrogen (secondary N) is 2. The predicted molar refractivity (Wildman–Crippen MR) is 65.0 cm³/mol. The van der Waals surface area contributed by atoms with Gasteiger partial charge in [-0.05, 0) is 25.0 Å². The summed E-state index contributed by atoms with van der Waals surface area (Å²) in [7, 11) is 0. The Morgan fingerprint density at radius 1 is 1.62 bits per heavy atom. The molecular formula is C11H13N3OS. The number of hydrogen-bond donors (Lipinski definition) is 2. The Hall–Kier alpha value is -1.62. The van der Waals surface area contributed by atoms with Crippen molar-refractivity contribution in [2.75, 3.05) is 5.32 Å². The van der Waals surface area contributed by atoms with E-state index in [1.165, 1.54) is 10.4 Å². The Labute approximate surface area is 97.7 Å². The summed E-state index contributed by atoms with van der Waals surface area (Å²) in [6.07, 6.45) is 2.57. The first kappa shape index (κ1) is 10.9. The summed E-state index contributed by atoms with van der Waals surface area (Å²) in [5, 5.41) is 9.22. The van der Waals surface area contributed by atoms with Crippen molar-refractivity contribution in [3.05, 3.63) is 33.6 Å². The minimum Gasteiger partial charge on any atom is -0.306 e. The van der Waals surface area contributed by atoms with Crippen LogP contribution in [0.5, 0.6) is 0 Å². The summed E-state index contributed by atoms with van der Waals surface area (Å²) in [5.74, 6) is 0.533. The molecule has 2 aromatic rings. The maximum atomic E-state index is 11.8. The summed E-state index contributed by atoms with van der Waals surface area (Å²) in [4.78, 5) is 13.8. The molecular weight excluding hydrogens is 222 g/mol. The van der Waals surface area contributed by atoms with E-state index in [0.717, 1.165) is 11.3 Å². The van der Waals surface area contributed by atoms with Crippen molar-refractivity contribution in [1.29, 1.82) is 0 Å². The fraction of sp³-hybridized carbons (Fsp3) is 0.273. The van der Waals surface area contributed by atoms with Crippen LogP contribution in [0.1, 0.15) is 27.0 Å². The minimum atomic E-state index is -0.0861. The highest BCUT2D eigenvalue weighted by molar-refractivity contribution is 7.14. The second kappa shape index (κ2) is 4.49. The molecule has 0 fully saturated rings. The number of anilines is 1. The molecule has 2 aromatic heterocycles. The molecule has 2 heterocycles. The molecule has 4 nitrogen and oxygen atoms in total. The molecule has 1 amide bonds. The van der Waals surface area contributed by atoms with E-state index in [1.807, 2.05) is 13.0 Å². The third-order valence-corrected chi connectivity index (χ3v) is 3.69. The number of carbonyl (C=O) groups excluding carboxylic acids is 1. The average Bonchev–Trinajstić information content (AvgIpc) is 2.87. The average molecular weight is 235 g/mol. The SMILES string of the molecule is CCc1sc(C(=O)Nc2ccn[nH]2)cc1C. The minimum absolute atomic E-state index is 0.0861. The first-order valence-electron chi connectivity index (χ1n) is 5.10. The molecule has 0 saturated heterocycles. The summed E-state index contributed by atoms with van der Waals surface area (Å²) in [6.45, 7) is 4.12. The molecule has 0 unspecified atom stereocenters. The van der Waals surface area contributed by atoms with Gasteiger partial charge in [-0.15, -0.1) is 11.3 Å². The van der Waals surface area contributed by atoms with Crippen molar-refractivity contribution >= 4 is 23.1 Å². The van der Waals surface area contributed by atoms with Crippen LogP contribution >= 0.6 is 11.3 Å². The van der Waals surface area contributed by atoms with Crippen LogP contribution in [0.25, 0.3) is 0 Å². The summed E-state index contributed by atoms with van der Waals surface area (Å²) < 4.78 is 0. The number of thiophene rings is 1. The van der Waals surface area contributed by atoms with E-state index in [4.69, 9.17) is 0 Å². The first-order chi connectivity index (χ1) is 7.70. The van der Waals surface area contributed by atoms with Crippen LogP contribution in [0.3, 0.4) is 0 Å². The Morgan fingerprint density at radius 2 is 2.44 bits per heavy atom. The smallest absolute Gasteiger partial charge is 0.266 e. The Balaban J connectivity index is 2.15. The maximum absolute atomic E-state index is 11.8. The quantitative estimate of drug-likeness (QED) is 0.859. The molecule has 2 rings (SSSR count). The molecule has 0 saturated carbocycles. The van der Waals surface area contributed by atoms with Crippen molar-refractivity contribution in [2.45, 2.75) is 20.3 Å². The van der Waals surface area contributed by atoms with E-state index < -0.39 is 0 Å². The van der Waals surface area contributed by atoms with E-state index >= 15 is 0 Å². The van der Waals surface area contributed by atoms with Crippen LogP contribution in [-0.4, -0.2) is 16.1 Å². The van der Waals surface area contributed by atoms with E-state index in [9.17, 15) is 4.79 Å². The van der Waals surface area contributed by atoms with Crippen LogP contribution in [0.4, 0.5) is 5.82 Å². The Morgan fingerprint density at radius 3 is 3.00 bits per heavy atom. The molecule has 16 heavy (non-hydrogen) atoms. The van der Waals surface area contributed by atoms with Gasteiger partial charge in [-0.25, -0.2) is 0 Å². The number of amides is 1. The molecule has 84 valence electrons. The van der Waals surface area contributed by atoms with Crippen molar-refractivity contribution in [2.24, 2.45) is 0 Å². The van der Waals surface area contributed by atoms with E-state index in [1.54, 1.807) is 23.6 Å². The lowest BCUT2D eigenvalue weighted by Gasteiger charge is -1.98. The zero-order valence-corrected chi connectivity index (χ0v) is 10.0. The topological polar surface area (TPSA) is 57.8 Å². The van der Waals surface area contributed by atoms with Gasteiger partial charge in [0.2, 0.25) is 0 Å². The summed E-state index contributed by atoms with van der Waals surface area (Å²) in [6, 6.07) is 3.65. The van der Waals surface area contributed by atoms with E-state index in [0.29, 0.717) is 5.82 Å². The van der Waals surface area contributed by atoms with Gasteiger partial charge in [0, 0.05) is 10.9 Å². The molecule has 0 radical (unpaired) electrons. The zero-order chi connectivity index (χ0) is 11.5. The second-order valence-electron chi connectivity index (χ2n) is 3.49. The van der Waals surface area contributed by atoms with Crippen LogP contribution in [0.2, 0.25) is 0 Å². The number of hydrogen-bond acceptors (Lipinski definition) is 3. The third kappa shape index (κ3) is 2.14. The normalized spacial score (nSPS) is 10.4. The lowest BCUT2D eigenvalue weighted by Crippen LogP contribution is -2.10. The number of carbonyl (C=O) groups is 1. The van der Waals surface area contributed by atoms with Gasteiger partial charge in [0.15, 0.2) is 0 Å². The number of rotatable bonds is 3. The molecule has 0 bridgehead atoms. The number of H-pyrrole nitrogens is 1. The molecule has 2 N–H and O–H groups in total. The highest BCUT2D eigenvalue weighted by Gasteiger charge is 2.11. The van der Waals surface area contributed by atoms with Gasteiger partial charge in [-0.2, -0.15) is 5.10 Å². The van der Waals surface area contributed by atoms with Crippen molar-refractivity contribution < 1.29 is 4.79 Å². The number of aromatic nitrogens is 2. The van der Waals surface area contributed by atoms with Crippen molar-refractivity contribution in [3.8, 4) is 0 Å². The second-order valence-corrected chi connectivity index (χ2v) is 4.63. The highest BCUT2D eigenvalue weighted by atomic mass is 32.1. The van der Waals surface area contributed by atoms with E-state index in [-0.39, 0.29) is 5.91 Å². The highest BCUT2D eigenvalue weighted by Crippen LogP contribution is 2.22. The molecule has 0 aliphatic rings. The van der Waals surface area contributed by atoms with Crippen LogP contribution in [0.15, 0.2) is 18.3 Å². The van der Waals surface area contributed by atoms with Gasteiger partial charge >= 0.3 is 0 Å².